The van der Waals surface area contributed by atoms with Crippen LogP contribution in [0.2, 0.25) is 0 Å². The minimum atomic E-state index is -1.00. The molecule has 0 fully saturated rings. The molecule has 0 bridgehead atoms. The summed E-state index contributed by atoms with van der Waals surface area (Å²) in [5, 5.41) is 9.21. The number of ether oxygens (including phenoxy) is 1. The van der Waals surface area contributed by atoms with E-state index in [1.807, 2.05) is 18.2 Å². The molecule has 0 amide bonds. The van der Waals surface area contributed by atoms with Crippen molar-refractivity contribution in [3.63, 3.8) is 0 Å². The predicted molar refractivity (Wildman–Crippen MR) is 82.0 cm³/mol. The van der Waals surface area contributed by atoms with Gasteiger partial charge in [0.1, 0.15) is 11.3 Å². The Labute approximate surface area is 129 Å². The van der Waals surface area contributed by atoms with Crippen LogP contribution in [-0.4, -0.2) is 34.6 Å². The lowest BCUT2D eigenvalue weighted by Crippen LogP contribution is -2.31. The van der Waals surface area contributed by atoms with Crippen molar-refractivity contribution in [3.8, 4) is 5.75 Å². The van der Waals surface area contributed by atoms with E-state index < -0.39 is 5.97 Å². The molecule has 22 heavy (non-hydrogen) atoms. The highest BCUT2D eigenvalue weighted by Crippen LogP contribution is 2.30. The Morgan fingerprint density at radius 2 is 2.14 bits per heavy atom. The molecule has 1 N–H and O–H groups in total. The van der Waals surface area contributed by atoms with Gasteiger partial charge in [0.05, 0.1) is 12.8 Å². The molecule has 0 saturated heterocycles. The van der Waals surface area contributed by atoms with Gasteiger partial charge < -0.3 is 9.84 Å². The number of hydrogen-bond donors (Lipinski definition) is 1. The van der Waals surface area contributed by atoms with E-state index >= 15 is 0 Å². The summed E-state index contributed by atoms with van der Waals surface area (Å²) in [5.74, 6) is -0.546. The maximum atomic E-state index is 11.2. The van der Waals surface area contributed by atoms with E-state index in [1.165, 1.54) is 18.9 Å². The lowest BCUT2D eigenvalue weighted by atomic mass is 10.0. The van der Waals surface area contributed by atoms with Crippen molar-refractivity contribution < 1.29 is 14.6 Å². The number of carbonyl (C=O) groups is 1. The number of aromatic nitrogens is 1. The van der Waals surface area contributed by atoms with Gasteiger partial charge in [-0.3, -0.25) is 9.88 Å². The Morgan fingerprint density at radius 1 is 1.36 bits per heavy atom. The largest absolute Gasteiger partial charge is 0.495 e. The Morgan fingerprint density at radius 3 is 2.82 bits per heavy atom. The number of fused-ring (bicyclic) bond motifs is 1. The van der Waals surface area contributed by atoms with Gasteiger partial charge in [0, 0.05) is 31.4 Å². The molecule has 1 aromatic heterocycles. The van der Waals surface area contributed by atoms with E-state index in [0.717, 1.165) is 30.8 Å². The first-order chi connectivity index (χ1) is 10.7. The highest BCUT2D eigenvalue weighted by atomic mass is 16.5. The molecule has 0 radical (unpaired) electrons. The number of rotatable bonds is 4. The SMILES string of the molecule is COc1c(C(=O)O)cnc2c1CCN(Cc1ccccc1)C2. The lowest BCUT2D eigenvalue weighted by molar-refractivity contribution is 0.0692. The topological polar surface area (TPSA) is 62.7 Å². The summed E-state index contributed by atoms with van der Waals surface area (Å²) >= 11 is 0. The molecular formula is C17H18N2O3. The molecule has 5 heteroatoms. The third-order valence-corrected chi connectivity index (χ3v) is 3.95. The highest BCUT2D eigenvalue weighted by Gasteiger charge is 2.24. The van der Waals surface area contributed by atoms with Crippen LogP contribution in [-0.2, 0) is 19.5 Å². The average molecular weight is 298 g/mol. The van der Waals surface area contributed by atoms with Crippen molar-refractivity contribution in [2.75, 3.05) is 13.7 Å². The first-order valence-electron chi connectivity index (χ1n) is 7.23. The smallest absolute Gasteiger partial charge is 0.341 e. The molecule has 1 aromatic carbocycles. The fraction of sp³-hybridized carbons (Fsp3) is 0.294. The zero-order valence-corrected chi connectivity index (χ0v) is 12.5. The van der Waals surface area contributed by atoms with Crippen molar-refractivity contribution in [1.82, 2.24) is 9.88 Å². The minimum Gasteiger partial charge on any atom is -0.495 e. The van der Waals surface area contributed by atoms with E-state index in [4.69, 9.17) is 4.74 Å². The first kappa shape index (κ1) is 14.5. The summed E-state index contributed by atoms with van der Waals surface area (Å²) in [6.07, 6.45) is 2.14. The third-order valence-electron chi connectivity index (χ3n) is 3.95. The summed E-state index contributed by atoms with van der Waals surface area (Å²) in [4.78, 5) is 17.9. The molecule has 2 aromatic rings. The molecule has 2 heterocycles. The van der Waals surface area contributed by atoms with E-state index in [0.29, 0.717) is 12.3 Å². The van der Waals surface area contributed by atoms with Gasteiger partial charge in [-0.15, -0.1) is 0 Å². The maximum Gasteiger partial charge on any atom is 0.341 e. The average Bonchev–Trinajstić information content (AvgIpc) is 2.54. The molecule has 114 valence electrons. The fourth-order valence-corrected chi connectivity index (χ4v) is 2.89. The van der Waals surface area contributed by atoms with Crippen molar-refractivity contribution in [3.05, 3.63) is 58.9 Å². The summed E-state index contributed by atoms with van der Waals surface area (Å²) in [6.45, 7) is 2.44. The van der Waals surface area contributed by atoms with Crippen LogP contribution in [0.1, 0.15) is 27.2 Å². The van der Waals surface area contributed by atoms with Crippen molar-refractivity contribution >= 4 is 5.97 Å². The van der Waals surface area contributed by atoms with Crippen LogP contribution >= 0.6 is 0 Å². The normalized spacial score (nSPS) is 14.4. The summed E-state index contributed by atoms with van der Waals surface area (Å²) in [7, 11) is 1.51. The van der Waals surface area contributed by atoms with Crippen LogP contribution < -0.4 is 4.74 Å². The molecule has 5 nitrogen and oxygen atoms in total. The number of methoxy groups -OCH3 is 1. The van der Waals surface area contributed by atoms with Crippen molar-refractivity contribution in [2.24, 2.45) is 0 Å². The molecule has 0 saturated carbocycles. The van der Waals surface area contributed by atoms with Crippen molar-refractivity contribution in [1.29, 1.82) is 0 Å². The van der Waals surface area contributed by atoms with Gasteiger partial charge in [-0.1, -0.05) is 30.3 Å². The number of pyridine rings is 1. The third kappa shape index (κ3) is 2.80. The van der Waals surface area contributed by atoms with Gasteiger partial charge in [-0.05, 0) is 12.0 Å². The summed E-state index contributed by atoms with van der Waals surface area (Å²) in [5.41, 5.74) is 3.23. The molecule has 1 aliphatic rings. The van der Waals surface area contributed by atoms with Crippen LogP contribution in [0, 0.1) is 0 Å². The van der Waals surface area contributed by atoms with Gasteiger partial charge in [-0.2, -0.15) is 0 Å². The molecule has 0 aliphatic carbocycles. The lowest BCUT2D eigenvalue weighted by Gasteiger charge is -2.29. The Hall–Kier alpha value is -2.40. The fourth-order valence-electron chi connectivity index (χ4n) is 2.89. The van der Waals surface area contributed by atoms with Crippen LogP contribution in [0.15, 0.2) is 36.5 Å². The molecule has 0 spiro atoms. The number of carboxylic acids is 1. The summed E-state index contributed by atoms with van der Waals surface area (Å²) in [6, 6.07) is 10.3. The second-order valence-corrected chi connectivity index (χ2v) is 5.38. The Bertz CT molecular complexity index is 686. The zero-order chi connectivity index (χ0) is 15.5. The number of benzene rings is 1. The van der Waals surface area contributed by atoms with Crippen LogP contribution in [0.4, 0.5) is 0 Å². The Kier molecular flexibility index (Phi) is 4.06. The van der Waals surface area contributed by atoms with E-state index in [1.54, 1.807) is 0 Å². The van der Waals surface area contributed by atoms with Gasteiger partial charge in [0.25, 0.3) is 0 Å². The van der Waals surface area contributed by atoms with E-state index in [-0.39, 0.29) is 5.56 Å². The number of carboxylic acid groups (broad SMARTS) is 1. The van der Waals surface area contributed by atoms with Gasteiger partial charge in [0.2, 0.25) is 0 Å². The molecule has 3 rings (SSSR count). The minimum absolute atomic E-state index is 0.137. The number of nitrogens with zero attached hydrogens (tertiary/aromatic N) is 2. The standard InChI is InChI=1S/C17H18N2O3/c1-22-16-13-7-8-19(10-12-5-3-2-4-6-12)11-15(13)18-9-14(16)17(20)21/h2-6,9H,7-8,10-11H2,1H3,(H,20,21). The quantitative estimate of drug-likeness (QED) is 0.938. The predicted octanol–water partition coefficient (Wildman–Crippen LogP) is 2.35. The Balaban J connectivity index is 1.83. The maximum absolute atomic E-state index is 11.2. The highest BCUT2D eigenvalue weighted by molar-refractivity contribution is 5.91. The first-order valence-corrected chi connectivity index (χ1v) is 7.23. The van der Waals surface area contributed by atoms with Gasteiger partial charge in [0.15, 0.2) is 0 Å². The molecule has 1 aliphatic heterocycles. The van der Waals surface area contributed by atoms with Gasteiger partial charge in [-0.25, -0.2) is 4.79 Å². The van der Waals surface area contributed by atoms with E-state index in [2.05, 4.69) is 22.0 Å². The second kappa shape index (κ2) is 6.15. The molecular weight excluding hydrogens is 280 g/mol. The molecule has 0 atom stereocenters. The number of hydrogen-bond acceptors (Lipinski definition) is 4. The van der Waals surface area contributed by atoms with E-state index in [9.17, 15) is 9.90 Å². The van der Waals surface area contributed by atoms with Crippen LogP contribution in [0.25, 0.3) is 0 Å². The van der Waals surface area contributed by atoms with Crippen LogP contribution in [0.3, 0.4) is 0 Å². The van der Waals surface area contributed by atoms with Gasteiger partial charge >= 0.3 is 5.97 Å². The molecule has 0 unspecified atom stereocenters. The second-order valence-electron chi connectivity index (χ2n) is 5.38. The monoisotopic (exact) mass is 298 g/mol. The summed E-state index contributed by atoms with van der Waals surface area (Å²) < 4.78 is 5.32. The van der Waals surface area contributed by atoms with Crippen molar-refractivity contribution in [2.45, 2.75) is 19.5 Å². The number of aromatic carboxylic acids is 1. The van der Waals surface area contributed by atoms with Crippen LogP contribution in [0.5, 0.6) is 5.75 Å². The zero-order valence-electron chi connectivity index (χ0n) is 12.5.